The molecule has 0 saturated carbocycles. The van der Waals surface area contributed by atoms with Gasteiger partial charge >= 0.3 is 0 Å². The van der Waals surface area contributed by atoms with Crippen LogP contribution in [-0.4, -0.2) is 31.4 Å². The topological polar surface area (TPSA) is 72.7 Å². The third-order valence-electron chi connectivity index (χ3n) is 4.77. The highest BCUT2D eigenvalue weighted by atomic mass is 35.5. The number of hydrogen-bond acceptors (Lipinski definition) is 5. The van der Waals surface area contributed by atoms with E-state index in [1.165, 1.54) is 0 Å². The number of pyridine rings is 1. The van der Waals surface area contributed by atoms with Crippen LogP contribution in [0.2, 0.25) is 5.02 Å². The quantitative estimate of drug-likeness (QED) is 0.274. The fraction of sp³-hybridized carbons (Fsp3) is 0.167. The second-order valence-electron chi connectivity index (χ2n) is 7.07. The number of nitrogens with zero attached hydrogens (tertiary/aromatic N) is 4. The zero-order chi connectivity index (χ0) is 22.2. The van der Waals surface area contributed by atoms with Gasteiger partial charge in [0.05, 0.1) is 0 Å². The van der Waals surface area contributed by atoms with E-state index in [9.17, 15) is 4.79 Å². The minimum atomic E-state index is 0.0359. The van der Waals surface area contributed by atoms with E-state index in [2.05, 4.69) is 20.5 Å². The van der Waals surface area contributed by atoms with Crippen LogP contribution in [0.5, 0.6) is 0 Å². The first-order chi connectivity index (χ1) is 15.7. The standard InChI is InChI=1S/C24H22ClN5OS/c25-20-10-8-19(9-11-20)23-28-29-24(30(23)21-5-2-1-3-6-21)32-16-4-7-22(31)27-17-18-12-14-26-15-13-18/h1-3,5-6,8-15H,4,7,16-17H2,(H,27,31). The molecule has 32 heavy (non-hydrogen) atoms. The first kappa shape index (κ1) is 22.0. The lowest BCUT2D eigenvalue weighted by molar-refractivity contribution is -0.121. The zero-order valence-electron chi connectivity index (χ0n) is 17.3. The molecule has 0 radical (unpaired) electrons. The maximum Gasteiger partial charge on any atom is 0.220 e. The molecule has 0 spiro atoms. The highest BCUT2D eigenvalue weighted by molar-refractivity contribution is 7.99. The molecule has 0 saturated heterocycles. The molecule has 4 aromatic rings. The fourth-order valence-electron chi connectivity index (χ4n) is 3.15. The lowest BCUT2D eigenvalue weighted by Gasteiger charge is -2.10. The van der Waals surface area contributed by atoms with Crippen molar-refractivity contribution >= 4 is 29.3 Å². The molecule has 2 aromatic carbocycles. The van der Waals surface area contributed by atoms with Crippen LogP contribution in [-0.2, 0) is 11.3 Å². The number of carbonyl (C=O) groups excluding carboxylic acids is 1. The van der Waals surface area contributed by atoms with Gasteiger partial charge < -0.3 is 5.32 Å². The van der Waals surface area contributed by atoms with Gasteiger partial charge in [-0.15, -0.1) is 10.2 Å². The summed E-state index contributed by atoms with van der Waals surface area (Å²) in [5.74, 6) is 1.55. The molecule has 4 rings (SSSR count). The molecule has 2 aromatic heterocycles. The van der Waals surface area contributed by atoms with Gasteiger partial charge in [0.25, 0.3) is 0 Å². The van der Waals surface area contributed by atoms with Crippen molar-refractivity contribution in [3.63, 3.8) is 0 Å². The van der Waals surface area contributed by atoms with Gasteiger partial charge in [-0.25, -0.2) is 0 Å². The molecule has 0 atom stereocenters. The number of amides is 1. The number of aromatic nitrogens is 4. The van der Waals surface area contributed by atoms with E-state index in [1.54, 1.807) is 24.2 Å². The Morgan fingerprint density at radius 2 is 1.72 bits per heavy atom. The average Bonchev–Trinajstić information content (AvgIpc) is 3.26. The summed E-state index contributed by atoms with van der Waals surface area (Å²) in [5, 5.41) is 13.3. The zero-order valence-corrected chi connectivity index (χ0v) is 18.9. The third-order valence-corrected chi connectivity index (χ3v) is 6.04. The lowest BCUT2D eigenvalue weighted by Crippen LogP contribution is -2.22. The van der Waals surface area contributed by atoms with Crippen LogP contribution >= 0.6 is 23.4 Å². The Morgan fingerprint density at radius 3 is 2.47 bits per heavy atom. The number of nitrogens with one attached hydrogen (secondary N) is 1. The normalized spacial score (nSPS) is 10.8. The molecule has 0 aliphatic carbocycles. The summed E-state index contributed by atoms with van der Waals surface area (Å²) in [7, 11) is 0. The summed E-state index contributed by atoms with van der Waals surface area (Å²) in [6.07, 6.45) is 4.64. The van der Waals surface area contributed by atoms with Crippen LogP contribution in [0.3, 0.4) is 0 Å². The van der Waals surface area contributed by atoms with Crippen LogP contribution in [0, 0.1) is 0 Å². The number of hydrogen-bond donors (Lipinski definition) is 1. The lowest BCUT2D eigenvalue weighted by atomic mass is 10.2. The minimum Gasteiger partial charge on any atom is -0.352 e. The van der Waals surface area contributed by atoms with Gasteiger partial charge in [0.15, 0.2) is 11.0 Å². The molecule has 6 nitrogen and oxygen atoms in total. The highest BCUT2D eigenvalue weighted by Crippen LogP contribution is 2.29. The summed E-state index contributed by atoms with van der Waals surface area (Å²) in [4.78, 5) is 16.1. The monoisotopic (exact) mass is 463 g/mol. The molecule has 0 bridgehead atoms. The average molecular weight is 464 g/mol. The second-order valence-corrected chi connectivity index (χ2v) is 8.57. The number of halogens is 1. The molecule has 1 N–H and O–H groups in total. The predicted octanol–water partition coefficient (Wildman–Crippen LogP) is 5.17. The van der Waals surface area contributed by atoms with E-state index in [0.29, 0.717) is 18.0 Å². The molecule has 2 heterocycles. The Labute approximate surface area is 196 Å². The Morgan fingerprint density at radius 1 is 0.969 bits per heavy atom. The Bertz CT molecular complexity index is 1150. The summed E-state index contributed by atoms with van der Waals surface area (Å²) >= 11 is 7.64. The summed E-state index contributed by atoms with van der Waals surface area (Å²) in [6.45, 7) is 0.515. The SMILES string of the molecule is O=C(CCCSc1nnc(-c2ccc(Cl)cc2)n1-c1ccccc1)NCc1ccncc1. The van der Waals surface area contributed by atoms with E-state index in [4.69, 9.17) is 11.6 Å². The Kier molecular flexibility index (Phi) is 7.53. The minimum absolute atomic E-state index is 0.0359. The summed E-state index contributed by atoms with van der Waals surface area (Å²) in [5.41, 5.74) is 2.96. The molecule has 0 aliphatic rings. The second kappa shape index (κ2) is 10.9. The van der Waals surface area contributed by atoms with E-state index < -0.39 is 0 Å². The number of thioether (sulfide) groups is 1. The molecule has 0 unspecified atom stereocenters. The third kappa shape index (κ3) is 5.75. The van der Waals surface area contributed by atoms with Crippen LogP contribution < -0.4 is 5.32 Å². The summed E-state index contributed by atoms with van der Waals surface area (Å²) < 4.78 is 2.04. The van der Waals surface area contributed by atoms with Gasteiger partial charge in [0.1, 0.15) is 0 Å². The number of benzene rings is 2. The maximum absolute atomic E-state index is 12.2. The first-order valence-electron chi connectivity index (χ1n) is 10.3. The van der Waals surface area contributed by atoms with Crippen molar-refractivity contribution in [3.8, 4) is 17.1 Å². The molecule has 0 fully saturated rings. The Hall–Kier alpha value is -3.16. The van der Waals surface area contributed by atoms with Gasteiger partial charge in [-0.1, -0.05) is 41.6 Å². The van der Waals surface area contributed by atoms with Gasteiger partial charge in [0.2, 0.25) is 5.91 Å². The van der Waals surface area contributed by atoms with Gasteiger partial charge in [-0.2, -0.15) is 0 Å². The van der Waals surface area contributed by atoms with Crippen LogP contribution in [0.4, 0.5) is 0 Å². The van der Waals surface area contributed by atoms with Crippen LogP contribution in [0.25, 0.3) is 17.1 Å². The first-order valence-corrected chi connectivity index (χ1v) is 11.6. The van der Waals surface area contributed by atoms with Gasteiger partial charge in [0, 0.05) is 47.4 Å². The number of para-hydroxylation sites is 1. The smallest absolute Gasteiger partial charge is 0.220 e. The fourth-order valence-corrected chi connectivity index (χ4v) is 4.16. The van der Waals surface area contributed by atoms with Crippen molar-refractivity contribution in [2.24, 2.45) is 0 Å². The van der Waals surface area contributed by atoms with Crippen molar-refractivity contribution in [2.75, 3.05) is 5.75 Å². The van der Waals surface area contributed by atoms with Crippen molar-refractivity contribution in [2.45, 2.75) is 24.5 Å². The van der Waals surface area contributed by atoms with E-state index in [1.807, 2.05) is 71.3 Å². The predicted molar refractivity (Wildman–Crippen MR) is 128 cm³/mol. The molecular formula is C24H22ClN5OS. The van der Waals surface area contributed by atoms with Crippen LogP contribution in [0.15, 0.2) is 84.3 Å². The summed E-state index contributed by atoms with van der Waals surface area (Å²) in [6, 6.07) is 21.4. The number of carbonyl (C=O) groups is 1. The van der Waals surface area contributed by atoms with Crippen LogP contribution in [0.1, 0.15) is 18.4 Å². The molecule has 0 aliphatic heterocycles. The molecule has 1 amide bonds. The van der Waals surface area contributed by atoms with Gasteiger partial charge in [-0.05, 0) is 60.5 Å². The van der Waals surface area contributed by atoms with Crippen molar-refractivity contribution < 1.29 is 4.79 Å². The van der Waals surface area contributed by atoms with Crippen molar-refractivity contribution in [3.05, 3.63) is 89.7 Å². The largest absolute Gasteiger partial charge is 0.352 e. The van der Waals surface area contributed by atoms with Crippen molar-refractivity contribution in [1.29, 1.82) is 0 Å². The molecule has 8 heteroatoms. The van der Waals surface area contributed by atoms with E-state index >= 15 is 0 Å². The van der Waals surface area contributed by atoms with Gasteiger partial charge in [-0.3, -0.25) is 14.3 Å². The Balaban J connectivity index is 1.39. The highest BCUT2D eigenvalue weighted by Gasteiger charge is 2.16. The van der Waals surface area contributed by atoms with E-state index in [-0.39, 0.29) is 5.91 Å². The number of rotatable bonds is 9. The maximum atomic E-state index is 12.2. The molecule has 162 valence electrons. The molecular weight excluding hydrogens is 442 g/mol. The van der Waals surface area contributed by atoms with E-state index in [0.717, 1.165) is 40.0 Å². The van der Waals surface area contributed by atoms with Crippen molar-refractivity contribution in [1.82, 2.24) is 25.1 Å².